The second-order valence-electron chi connectivity index (χ2n) is 1.96. The third kappa shape index (κ3) is 1.77. The van der Waals surface area contributed by atoms with Crippen molar-refractivity contribution in [1.29, 1.82) is 5.26 Å². The van der Waals surface area contributed by atoms with Crippen molar-refractivity contribution in [2.24, 2.45) is 0 Å². The molecule has 0 unspecified atom stereocenters. The van der Waals surface area contributed by atoms with Gasteiger partial charge >= 0.3 is 0 Å². The first-order valence-electron chi connectivity index (χ1n) is 2.93. The van der Waals surface area contributed by atoms with Gasteiger partial charge in [-0.15, -0.1) is 0 Å². The molecular formula is C8H4INO. The van der Waals surface area contributed by atoms with E-state index in [4.69, 9.17) is 5.26 Å². The van der Waals surface area contributed by atoms with Gasteiger partial charge in [-0.25, -0.2) is 0 Å². The molecule has 1 aromatic rings. The van der Waals surface area contributed by atoms with Crippen LogP contribution in [0.5, 0.6) is 0 Å². The molecule has 0 aliphatic rings. The number of rotatable bonds is 1. The van der Waals surface area contributed by atoms with E-state index >= 15 is 0 Å². The van der Waals surface area contributed by atoms with Crippen LogP contribution in [0.3, 0.4) is 0 Å². The highest BCUT2D eigenvalue weighted by molar-refractivity contribution is 14.1. The molecule has 2 nitrogen and oxygen atoms in total. The Kier molecular flexibility index (Phi) is 2.60. The van der Waals surface area contributed by atoms with Crippen molar-refractivity contribution >= 4 is 28.9 Å². The standard InChI is InChI=1S/C8H4INO/c9-8-2-1-6(5-11)7(3-8)4-10/h1-3,5H. The molecule has 0 saturated carbocycles. The molecule has 54 valence electrons. The second-order valence-corrected chi connectivity index (χ2v) is 3.21. The molecule has 3 heteroatoms. The van der Waals surface area contributed by atoms with E-state index in [1.54, 1.807) is 18.2 Å². The molecule has 0 aliphatic heterocycles. The summed E-state index contributed by atoms with van der Waals surface area (Å²) < 4.78 is 0.963. The molecular weight excluding hydrogens is 253 g/mol. The van der Waals surface area contributed by atoms with E-state index in [1.165, 1.54) is 0 Å². The zero-order chi connectivity index (χ0) is 8.27. The number of carbonyl (C=O) groups excluding carboxylic acids is 1. The van der Waals surface area contributed by atoms with Crippen LogP contribution in [0.2, 0.25) is 0 Å². The van der Waals surface area contributed by atoms with E-state index in [0.29, 0.717) is 17.4 Å². The lowest BCUT2D eigenvalue weighted by atomic mass is 10.1. The summed E-state index contributed by atoms with van der Waals surface area (Å²) in [6, 6.07) is 7.08. The highest BCUT2D eigenvalue weighted by Gasteiger charge is 1.99. The van der Waals surface area contributed by atoms with Crippen LogP contribution >= 0.6 is 22.6 Å². The number of halogens is 1. The average Bonchev–Trinajstić information content (AvgIpc) is 2.04. The molecule has 0 heterocycles. The summed E-state index contributed by atoms with van der Waals surface area (Å²) in [5, 5.41) is 8.56. The van der Waals surface area contributed by atoms with Gasteiger partial charge in [-0.3, -0.25) is 4.79 Å². The molecule has 1 rings (SSSR count). The fourth-order valence-corrected chi connectivity index (χ4v) is 1.22. The van der Waals surface area contributed by atoms with Crippen LogP contribution in [0.25, 0.3) is 0 Å². The molecule has 11 heavy (non-hydrogen) atoms. The number of hydrogen-bond acceptors (Lipinski definition) is 2. The Morgan fingerprint density at radius 1 is 1.55 bits per heavy atom. The van der Waals surface area contributed by atoms with Crippen molar-refractivity contribution in [2.45, 2.75) is 0 Å². The van der Waals surface area contributed by atoms with Gasteiger partial charge in [0, 0.05) is 9.13 Å². The third-order valence-corrected chi connectivity index (χ3v) is 1.93. The van der Waals surface area contributed by atoms with Crippen molar-refractivity contribution in [1.82, 2.24) is 0 Å². The minimum atomic E-state index is 0.437. The Morgan fingerprint density at radius 2 is 2.27 bits per heavy atom. The predicted molar refractivity (Wildman–Crippen MR) is 49.3 cm³/mol. The minimum absolute atomic E-state index is 0.437. The van der Waals surface area contributed by atoms with E-state index in [9.17, 15) is 4.79 Å². The Bertz CT molecular complexity index is 327. The van der Waals surface area contributed by atoms with E-state index in [0.717, 1.165) is 3.57 Å². The number of carbonyl (C=O) groups is 1. The highest BCUT2D eigenvalue weighted by atomic mass is 127. The fourth-order valence-electron chi connectivity index (χ4n) is 0.728. The number of hydrogen-bond donors (Lipinski definition) is 0. The molecule has 0 spiro atoms. The summed E-state index contributed by atoms with van der Waals surface area (Å²) in [6.45, 7) is 0. The van der Waals surface area contributed by atoms with Crippen molar-refractivity contribution in [2.75, 3.05) is 0 Å². The average molecular weight is 257 g/mol. The quantitative estimate of drug-likeness (QED) is 0.570. The van der Waals surface area contributed by atoms with Gasteiger partial charge in [0.15, 0.2) is 6.29 Å². The first-order valence-corrected chi connectivity index (χ1v) is 4.00. The monoisotopic (exact) mass is 257 g/mol. The van der Waals surface area contributed by atoms with E-state index < -0.39 is 0 Å². The summed E-state index contributed by atoms with van der Waals surface area (Å²) in [5.74, 6) is 0. The summed E-state index contributed by atoms with van der Waals surface area (Å²) in [6.07, 6.45) is 0.689. The highest BCUT2D eigenvalue weighted by Crippen LogP contribution is 2.10. The lowest BCUT2D eigenvalue weighted by molar-refractivity contribution is 0.112. The zero-order valence-corrected chi connectivity index (χ0v) is 7.70. The molecule has 0 N–H and O–H groups in total. The maximum absolute atomic E-state index is 10.3. The van der Waals surface area contributed by atoms with Gasteiger partial charge in [-0.2, -0.15) is 5.26 Å². The first kappa shape index (κ1) is 8.21. The van der Waals surface area contributed by atoms with Gasteiger partial charge in [-0.05, 0) is 40.8 Å². The van der Waals surface area contributed by atoms with E-state index in [2.05, 4.69) is 22.6 Å². The summed E-state index contributed by atoms with van der Waals surface area (Å²) in [4.78, 5) is 10.3. The van der Waals surface area contributed by atoms with Crippen molar-refractivity contribution in [3.05, 3.63) is 32.9 Å². The number of benzene rings is 1. The Labute approximate surface area is 78.0 Å². The lowest BCUT2D eigenvalue weighted by Crippen LogP contribution is -1.87. The molecule has 1 aromatic carbocycles. The smallest absolute Gasteiger partial charge is 0.151 e. The molecule has 0 fully saturated rings. The van der Waals surface area contributed by atoms with Crippen LogP contribution in [-0.2, 0) is 0 Å². The van der Waals surface area contributed by atoms with Crippen molar-refractivity contribution in [3.63, 3.8) is 0 Å². The molecule has 0 bridgehead atoms. The van der Waals surface area contributed by atoms with Crippen LogP contribution in [0.1, 0.15) is 15.9 Å². The van der Waals surface area contributed by atoms with Crippen LogP contribution < -0.4 is 0 Å². The second kappa shape index (κ2) is 3.49. The predicted octanol–water partition coefficient (Wildman–Crippen LogP) is 1.98. The van der Waals surface area contributed by atoms with Gasteiger partial charge in [0.2, 0.25) is 0 Å². The SMILES string of the molecule is N#Cc1cc(I)ccc1C=O. The third-order valence-electron chi connectivity index (χ3n) is 1.26. The molecule has 0 radical (unpaired) electrons. The van der Waals surface area contributed by atoms with Crippen LogP contribution in [0.15, 0.2) is 18.2 Å². The van der Waals surface area contributed by atoms with Gasteiger partial charge in [0.1, 0.15) is 0 Å². The molecule has 0 atom stereocenters. The van der Waals surface area contributed by atoms with E-state index in [1.807, 2.05) is 6.07 Å². The molecule has 0 saturated heterocycles. The topological polar surface area (TPSA) is 40.9 Å². The lowest BCUT2D eigenvalue weighted by Gasteiger charge is -1.94. The normalized spacial score (nSPS) is 8.73. The van der Waals surface area contributed by atoms with Gasteiger partial charge < -0.3 is 0 Å². The maximum atomic E-state index is 10.3. The summed E-state index contributed by atoms with van der Waals surface area (Å²) in [7, 11) is 0. The van der Waals surface area contributed by atoms with Crippen molar-refractivity contribution in [3.8, 4) is 6.07 Å². The van der Waals surface area contributed by atoms with Crippen LogP contribution in [0, 0.1) is 14.9 Å². The first-order chi connectivity index (χ1) is 5.27. The molecule has 0 aromatic heterocycles. The van der Waals surface area contributed by atoms with Crippen LogP contribution in [0.4, 0.5) is 0 Å². The minimum Gasteiger partial charge on any atom is -0.298 e. The Balaban J connectivity index is 3.30. The fraction of sp³-hybridized carbons (Fsp3) is 0. The summed E-state index contributed by atoms with van der Waals surface area (Å²) in [5.41, 5.74) is 0.889. The summed E-state index contributed by atoms with van der Waals surface area (Å²) >= 11 is 2.09. The number of aldehydes is 1. The van der Waals surface area contributed by atoms with Gasteiger partial charge in [0.25, 0.3) is 0 Å². The van der Waals surface area contributed by atoms with Gasteiger partial charge in [-0.1, -0.05) is 0 Å². The zero-order valence-electron chi connectivity index (χ0n) is 5.54. The number of nitrogens with zero attached hydrogens (tertiary/aromatic N) is 1. The largest absolute Gasteiger partial charge is 0.298 e. The Morgan fingerprint density at radius 3 is 2.82 bits per heavy atom. The molecule has 0 amide bonds. The number of nitriles is 1. The molecule has 0 aliphatic carbocycles. The van der Waals surface area contributed by atoms with Crippen molar-refractivity contribution < 1.29 is 4.79 Å². The van der Waals surface area contributed by atoms with Crippen LogP contribution in [-0.4, -0.2) is 6.29 Å². The van der Waals surface area contributed by atoms with E-state index in [-0.39, 0.29) is 0 Å². The maximum Gasteiger partial charge on any atom is 0.151 e. The van der Waals surface area contributed by atoms with Gasteiger partial charge in [0.05, 0.1) is 11.6 Å². The Hall–Kier alpha value is -0.890.